The lowest BCUT2D eigenvalue weighted by Gasteiger charge is -2.11. The van der Waals surface area contributed by atoms with E-state index in [1.807, 2.05) is 0 Å². The first-order valence-electron chi connectivity index (χ1n) is 4.63. The molecular weight excluding hydrogens is 295 g/mol. The fraction of sp³-hybridized carbons (Fsp3) is 0.200. The number of rotatable bonds is 4. The summed E-state index contributed by atoms with van der Waals surface area (Å²) in [5, 5.41) is 10.7. The Labute approximate surface area is 105 Å². The largest absolute Gasteiger partial charge is 0.481 e. The second-order valence-electron chi connectivity index (χ2n) is 3.32. The topological polar surface area (TPSA) is 92.4 Å². The van der Waals surface area contributed by atoms with Crippen LogP contribution in [0.3, 0.4) is 0 Å². The molecule has 0 fully saturated rings. The normalized spacial score (nSPS) is 11.9. The number of carbonyl (C=O) groups is 2. The number of carboxylic acids is 1. The maximum Gasteiger partial charge on any atom is 0.305 e. The molecule has 0 bridgehead atoms. The van der Waals surface area contributed by atoms with E-state index in [1.165, 1.54) is 18.2 Å². The van der Waals surface area contributed by atoms with Gasteiger partial charge in [0.1, 0.15) is 5.82 Å². The molecule has 0 aromatic heterocycles. The smallest absolute Gasteiger partial charge is 0.305 e. The molecular formula is C10H10BrFN2O3. The van der Waals surface area contributed by atoms with E-state index in [9.17, 15) is 14.0 Å². The van der Waals surface area contributed by atoms with Gasteiger partial charge in [-0.25, -0.2) is 4.39 Å². The number of nitrogens with two attached hydrogens (primary N) is 1. The van der Waals surface area contributed by atoms with Crippen molar-refractivity contribution in [2.45, 2.75) is 12.5 Å². The maximum absolute atomic E-state index is 13.3. The molecule has 4 N–H and O–H groups in total. The van der Waals surface area contributed by atoms with Gasteiger partial charge in [-0.3, -0.25) is 9.59 Å². The van der Waals surface area contributed by atoms with E-state index in [1.54, 1.807) is 0 Å². The Bertz CT molecular complexity index is 453. The predicted octanol–water partition coefficient (Wildman–Crippen LogP) is 1.33. The fourth-order valence-electron chi connectivity index (χ4n) is 1.10. The minimum atomic E-state index is -1.22. The van der Waals surface area contributed by atoms with Gasteiger partial charge in [0.05, 0.1) is 18.2 Å². The standard InChI is InChI=1S/C10H10BrFN2O3/c11-5-1-2-6(12)8(3-5)14-10(17)7(13)4-9(15)16/h1-3,7H,4,13H2,(H,14,17)(H,15,16). The molecule has 1 amide bonds. The van der Waals surface area contributed by atoms with Crippen molar-refractivity contribution in [3.8, 4) is 0 Å². The number of aliphatic carboxylic acids is 1. The van der Waals surface area contributed by atoms with Crippen molar-refractivity contribution in [3.05, 3.63) is 28.5 Å². The van der Waals surface area contributed by atoms with Crippen LogP contribution < -0.4 is 11.1 Å². The molecule has 1 aromatic carbocycles. The van der Waals surface area contributed by atoms with Crippen LogP contribution in [0.4, 0.5) is 10.1 Å². The van der Waals surface area contributed by atoms with Crippen molar-refractivity contribution in [2.24, 2.45) is 5.73 Å². The van der Waals surface area contributed by atoms with Crippen LogP contribution in [0.2, 0.25) is 0 Å². The summed E-state index contributed by atoms with van der Waals surface area (Å²) in [4.78, 5) is 21.8. The minimum absolute atomic E-state index is 0.0507. The van der Waals surface area contributed by atoms with Crippen LogP contribution in [0.15, 0.2) is 22.7 Å². The van der Waals surface area contributed by atoms with E-state index in [-0.39, 0.29) is 5.69 Å². The van der Waals surface area contributed by atoms with Crippen LogP contribution in [-0.2, 0) is 9.59 Å². The van der Waals surface area contributed by atoms with Gasteiger partial charge >= 0.3 is 5.97 Å². The number of nitrogens with one attached hydrogen (secondary N) is 1. The highest BCUT2D eigenvalue weighted by Gasteiger charge is 2.18. The van der Waals surface area contributed by atoms with Crippen molar-refractivity contribution in [3.63, 3.8) is 0 Å². The third kappa shape index (κ3) is 4.12. The van der Waals surface area contributed by atoms with E-state index in [0.717, 1.165) is 0 Å². The highest BCUT2D eigenvalue weighted by molar-refractivity contribution is 9.10. The second-order valence-corrected chi connectivity index (χ2v) is 4.23. The summed E-state index contributed by atoms with van der Waals surface area (Å²) in [5.74, 6) is -2.56. The summed E-state index contributed by atoms with van der Waals surface area (Å²) in [6.45, 7) is 0. The van der Waals surface area contributed by atoms with Gasteiger partial charge in [0, 0.05) is 4.47 Å². The van der Waals surface area contributed by atoms with Gasteiger partial charge in [0.25, 0.3) is 0 Å². The zero-order valence-electron chi connectivity index (χ0n) is 8.61. The molecule has 1 aromatic rings. The van der Waals surface area contributed by atoms with Gasteiger partial charge in [0.15, 0.2) is 0 Å². The molecule has 0 spiro atoms. The van der Waals surface area contributed by atoms with Gasteiger partial charge in [-0.15, -0.1) is 0 Å². The first-order valence-corrected chi connectivity index (χ1v) is 5.42. The summed E-state index contributed by atoms with van der Waals surface area (Å²) in [5.41, 5.74) is 5.28. The number of benzene rings is 1. The highest BCUT2D eigenvalue weighted by Crippen LogP contribution is 2.20. The summed E-state index contributed by atoms with van der Waals surface area (Å²) in [6.07, 6.45) is -0.512. The third-order valence-corrected chi connectivity index (χ3v) is 2.41. The Kier molecular flexibility index (Phi) is 4.59. The highest BCUT2D eigenvalue weighted by atomic mass is 79.9. The quantitative estimate of drug-likeness (QED) is 0.782. The molecule has 0 aliphatic heterocycles. The first-order chi connectivity index (χ1) is 7.90. The molecule has 17 heavy (non-hydrogen) atoms. The van der Waals surface area contributed by atoms with Crippen LogP contribution in [0.5, 0.6) is 0 Å². The molecule has 7 heteroatoms. The molecule has 1 unspecified atom stereocenters. The van der Waals surface area contributed by atoms with E-state index in [2.05, 4.69) is 21.2 Å². The van der Waals surface area contributed by atoms with Gasteiger partial charge in [-0.1, -0.05) is 15.9 Å². The van der Waals surface area contributed by atoms with Crippen molar-refractivity contribution < 1.29 is 19.1 Å². The van der Waals surface area contributed by atoms with Crippen LogP contribution >= 0.6 is 15.9 Å². The summed E-state index contributed by atoms with van der Waals surface area (Å²) in [7, 11) is 0. The molecule has 5 nitrogen and oxygen atoms in total. The Hall–Kier alpha value is -1.47. The molecule has 1 atom stereocenters. The molecule has 92 valence electrons. The average Bonchev–Trinajstić information content (AvgIpc) is 2.22. The van der Waals surface area contributed by atoms with Gasteiger partial charge in [0.2, 0.25) is 5.91 Å². The Morgan fingerprint density at radius 3 is 2.76 bits per heavy atom. The lowest BCUT2D eigenvalue weighted by molar-refractivity contribution is -0.138. The van der Waals surface area contributed by atoms with E-state index in [4.69, 9.17) is 10.8 Å². The van der Waals surface area contributed by atoms with Crippen LogP contribution in [0, 0.1) is 5.82 Å². The van der Waals surface area contributed by atoms with E-state index >= 15 is 0 Å². The first kappa shape index (κ1) is 13.6. The summed E-state index contributed by atoms with van der Waals surface area (Å²) < 4.78 is 13.8. The van der Waals surface area contributed by atoms with Crippen LogP contribution in [0.25, 0.3) is 0 Å². The second kappa shape index (κ2) is 5.74. The Morgan fingerprint density at radius 1 is 1.53 bits per heavy atom. The Balaban J connectivity index is 2.73. The Morgan fingerprint density at radius 2 is 2.18 bits per heavy atom. The number of carboxylic acid groups (broad SMARTS) is 1. The molecule has 0 aliphatic rings. The lowest BCUT2D eigenvalue weighted by Crippen LogP contribution is -2.37. The number of hydrogen-bond acceptors (Lipinski definition) is 3. The number of amides is 1. The monoisotopic (exact) mass is 304 g/mol. The fourth-order valence-corrected chi connectivity index (χ4v) is 1.46. The maximum atomic E-state index is 13.3. The lowest BCUT2D eigenvalue weighted by atomic mass is 10.2. The van der Waals surface area contributed by atoms with Gasteiger partial charge < -0.3 is 16.2 Å². The number of carbonyl (C=O) groups excluding carboxylic acids is 1. The zero-order valence-corrected chi connectivity index (χ0v) is 10.2. The molecule has 0 saturated carbocycles. The van der Waals surface area contributed by atoms with E-state index < -0.39 is 30.2 Å². The van der Waals surface area contributed by atoms with Crippen LogP contribution in [0.1, 0.15) is 6.42 Å². The number of anilines is 1. The minimum Gasteiger partial charge on any atom is -0.481 e. The van der Waals surface area contributed by atoms with Crippen molar-refractivity contribution in [2.75, 3.05) is 5.32 Å². The van der Waals surface area contributed by atoms with Gasteiger partial charge in [-0.05, 0) is 18.2 Å². The van der Waals surface area contributed by atoms with Crippen LogP contribution in [-0.4, -0.2) is 23.0 Å². The van der Waals surface area contributed by atoms with Crippen molar-refractivity contribution in [1.29, 1.82) is 0 Å². The molecule has 0 heterocycles. The molecule has 1 rings (SSSR count). The third-order valence-electron chi connectivity index (χ3n) is 1.92. The molecule has 0 saturated heterocycles. The predicted molar refractivity (Wildman–Crippen MR) is 63.0 cm³/mol. The van der Waals surface area contributed by atoms with E-state index in [0.29, 0.717) is 4.47 Å². The number of halogens is 2. The molecule has 0 aliphatic carbocycles. The van der Waals surface area contributed by atoms with Crippen molar-refractivity contribution >= 4 is 33.5 Å². The molecule has 0 radical (unpaired) electrons. The zero-order chi connectivity index (χ0) is 13.0. The summed E-state index contributed by atoms with van der Waals surface area (Å²) in [6, 6.07) is 2.79. The van der Waals surface area contributed by atoms with Gasteiger partial charge in [-0.2, -0.15) is 0 Å². The number of hydrogen-bond donors (Lipinski definition) is 3. The van der Waals surface area contributed by atoms with Crippen molar-refractivity contribution in [1.82, 2.24) is 0 Å². The average molecular weight is 305 g/mol. The SMILES string of the molecule is NC(CC(=O)O)C(=O)Nc1cc(Br)ccc1F. The summed E-state index contributed by atoms with van der Waals surface area (Å²) >= 11 is 3.12.